The summed E-state index contributed by atoms with van der Waals surface area (Å²) < 4.78 is 5.30. The van der Waals surface area contributed by atoms with E-state index in [4.69, 9.17) is 4.74 Å². The Kier molecular flexibility index (Phi) is 4.18. The minimum Gasteiger partial charge on any atom is -0.479 e. The number of carboxylic acid groups (broad SMARTS) is 1. The first-order valence-corrected chi connectivity index (χ1v) is 7.43. The third kappa shape index (κ3) is 2.45. The lowest BCUT2D eigenvalue weighted by Gasteiger charge is -2.59. The number of rotatable bonds is 3. The van der Waals surface area contributed by atoms with Gasteiger partial charge >= 0.3 is 12.1 Å². The van der Waals surface area contributed by atoms with Crippen LogP contribution in [0.1, 0.15) is 33.3 Å². The Hall–Kier alpha value is -2.04. The Bertz CT molecular complexity index is 564. The van der Waals surface area contributed by atoms with E-state index >= 15 is 0 Å². The van der Waals surface area contributed by atoms with Crippen LogP contribution in [0.5, 0.6) is 0 Å². The summed E-state index contributed by atoms with van der Waals surface area (Å²) in [5.41, 5.74) is -0.927. The van der Waals surface area contributed by atoms with Gasteiger partial charge in [-0.2, -0.15) is 0 Å². The molecular formula is C17H23NO4. The Morgan fingerprint density at radius 2 is 1.91 bits per heavy atom. The summed E-state index contributed by atoms with van der Waals surface area (Å²) in [4.78, 5) is 25.6. The molecule has 1 fully saturated rings. The minimum absolute atomic E-state index is 0.116. The zero-order valence-electron chi connectivity index (χ0n) is 13.5. The van der Waals surface area contributed by atoms with Crippen molar-refractivity contribution in [3.8, 4) is 0 Å². The highest BCUT2D eigenvalue weighted by Crippen LogP contribution is 2.49. The van der Waals surface area contributed by atoms with Gasteiger partial charge in [-0.05, 0) is 11.0 Å². The quantitative estimate of drug-likeness (QED) is 0.931. The van der Waals surface area contributed by atoms with Gasteiger partial charge < -0.3 is 9.84 Å². The predicted molar refractivity (Wildman–Crippen MR) is 82.3 cm³/mol. The average Bonchev–Trinajstić information content (AvgIpc) is 2.41. The first kappa shape index (κ1) is 16.3. The fourth-order valence-corrected chi connectivity index (χ4v) is 3.51. The maximum atomic E-state index is 12.4. The number of nitrogens with zero attached hydrogens (tertiary/aromatic N) is 1. The zero-order valence-corrected chi connectivity index (χ0v) is 13.5. The molecule has 1 aliphatic rings. The maximum absolute atomic E-state index is 12.4. The van der Waals surface area contributed by atoms with Crippen LogP contribution < -0.4 is 0 Å². The number of aliphatic carboxylic acids is 1. The molecule has 22 heavy (non-hydrogen) atoms. The van der Waals surface area contributed by atoms with Crippen molar-refractivity contribution in [2.75, 3.05) is 6.54 Å². The Morgan fingerprint density at radius 1 is 1.32 bits per heavy atom. The van der Waals surface area contributed by atoms with Crippen molar-refractivity contribution < 1.29 is 19.4 Å². The van der Waals surface area contributed by atoms with E-state index in [2.05, 4.69) is 0 Å². The van der Waals surface area contributed by atoms with Gasteiger partial charge in [0.1, 0.15) is 6.61 Å². The van der Waals surface area contributed by atoms with Crippen LogP contribution in [0.3, 0.4) is 0 Å². The van der Waals surface area contributed by atoms with Crippen molar-refractivity contribution in [1.29, 1.82) is 0 Å². The van der Waals surface area contributed by atoms with Gasteiger partial charge in [0.25, 0.3) is 0 Å². The highest BCUT2D eigenvalue weighted by atomic mass is 16.6. The van der Waals surface area contributed by atoms with Crippen LogP contribution in [0.2, 0.25) is 0 Å². The van der Waals surface area contributed by atoms with E-state index in [-0.39, 0.29) is 12.5 Å². The van der Waals surface area contributed by atoms with Crippen LogP contribution in [-0.2, 0) is 16.1 Å². The molecule has 0 saturated carbocycles. The standard InChI is InChI=1S/C17H23NO4/c1-12-10-18(17(12,14(19)20)16(2,3)4)15(21)22-11-13-8-6-5-7-9-13/h5-9,12H,10-11H2,1-4H3,(H,19,20)/t12-,17?/m0/s1. The lowest BCUT2D eigenvalue weighted by atomic mass is 9.60. The van der Waals surface area contributed by atoms with Crippen molar-refractivity contribution in [2.24, 2.45) is 11.3 Å². The van der Waals surface area contributed by atoms with E-state index < -0.39 is 23.0 Å². The Morgan fingerprint density at radius 3 is 2.36 bits per heavy atom. The summed E-state index contributed by atoms with van der Waals surface area (Å²) in [7, 11) is 0. The van der Waals surface area contributed by atoms with Gasteiger partial charge in [0.05, 0.1) is 0 Å². The summed E-state index contributed by atoms with van der Waals surface area (Å²) in [6.45, 7) is 7.93. The minimum atomic E-state index is -1.22. The maximum Gasteiger partial charge on any atom is 0.411 e. The Labute approximate surface area is 130 Å². The monoisotopic (exact) mass is 305 g/mol. The molecule has 2 rings (SSSR count). The van der Waals surface area contributed by atoms with Gasteiger partial charge in [0, 0.05) is 12.5 Å². The SMILES string of the molecule is C[C@H]1CN(C(=O)OCc2ccccc2)C1(C(=O)O)C(C)(C)C. The second-order valence-corrected chi connectivity index (χ2v) is 6.87. The highest BCUT2D eigenvalue weighted by Gasteiger charge is 2.65. The molecule has 1 saturated heterocycles. The lowest BCUT2D eigenvalue weighted by molar-refractivity contribution is -0.185. The van der Waals surface area contributed by atoms with Crippen molar-refractivity contribution in [2.45, 2.75) is 39.8 Å². The first-order chi connectivity index (χ1) is 10.2. The average molecular weight is 305 g/mol. The smallest absolute Gasteiger partial charge is 0.411 e. The summed E-state index contributed by atoms with van der Waals surface area (Å²) in [6, 6.07) is 9.34. The summed E-state index contributed by atoms with van der Waals surface area (Å²) in [5, 5.41) is 9.74. The lowest BCUT2D eigenvalue weighted by Crippen LogP contribution is -2.77. The molecule has 1 aliphatic heterocycles. The molecule has 1 N–H and O–H groups in total. The number of ether oxygens (including phenoxy) is 1. The number of hydrogen-bond donors (Lipinski definition) is 1. The molecule has 5 nitrogen and oxygen atoms in total. The molecular weight excluding hydrogens is 282 g/mol. The molecule has 0 spiro atoms. The topological polar surface area (TPSA) is 66.8 Å². The fraction of sp³-hybridized carbons (Fsp3) is 0.529. The molecule has 0 aliphatic carbocycles. The third-order valence-corrected chi connectivity index (χ3v) is 4.49. The van der Waals surface area contributed by atoms with Gasteiger partial charge in [-0.25, -0.2) is 9.59 Å². The number of carbonyl (C=O) groups excluding carboxylic acids is 1. The molecule has 1 aromatic carbocycles. The molecule has 1 aromatic rings. The van der Waals surface area contributed by atoms with E-state index in [1.807, 2.05) is 58.0 Å². The van der Waals surface area contributed by atoms with E-state index in [1.54, 1.807) is 0 Å². The van der Waals surface area contributed by atoms with Crippen molar-refractivity contribution in [3.63, 3.8) is 0 Å². The summed E-state index contributed by atoms with van der Waals surface area (Å²) in [5.74, 6) is -1.09. The zero-order chi connectivity index (χ0) is 16.5. The normalized spacial score (nSPS) is 24.5. The third-order valence-electron chi connectivity index (χ3n) is 4.49. The van der Waals surface area contributed by atoms with E-state index in [0.29, 0.717) is 6.54 Å². The molecule has 5 heteroatoms. The van der Waals surface area contributed by atoms with Gasteiger partial charge in [-0.15, -0.1) is 0 Å². The number of likely N-dealkylation sites (tertiary alicyclic amines) is 1. The van der Waals surface area contributed by atoms with Crippen molar-refractivity contribution in [3.05, 3.63) is 35.9 Å². The molecule has 0 aromatic heterocycles. The van der Waals surface area contributed by atoms with Crippen molar-refractivity contribution in [1.82, 2.24) is 4.90 Å². The van der Waals surface area contributed by atoms with Crippen LogP contribution in [0.15, 0.2) is 30.3 Å². The van der Waals surface area contributed by atoms with Crippen LogP contribution in [0, 0.1) is 11.3 Å². The number of hydrogen-bond acceptors (Lipinski definition) is 3. The van der Waals surface area contributed by atoms with Gasteiger partial charge in [0.2, 0.25) is 0 Å². The molecule has 1 unspecified atom stereocenters. The van der Waals surface area contributed by atoms with Crippen molar-refractivity contribution >= 4 is 12.1 Å². The van der Waals surface area contributed by atoms with Crippen LogP contribution >= 0.6 is 0 Å². The fourth-order valence-electron chi connectivity index (χ4n) is 3.51. The molecule has 2 atom stereocenters. The van der Waals surface area contributed by atoms with Gasteiger partial charge in [-0.1, -0.05) is 58.0 Å². The second-order valence-electron chi connectivity index (χ2n) is 6.87. The first-order valence-electron chi connectivity index (χ1n) is 7.43. The molecule has 1 amide bonds. The van der Waals surface area contributed by atoms with Crippen LogP contribution in [0.25, 0.3) is 0 Å². The highest BCUT2D eigenvalue weighted by molar-refractivity contribution is 5.88. The number of amides is 1. The van der Waals surface area contributed by atoms with Crippen LogP contribution in [-0.4, -0.2) is 34.2 Å². The summed E-state index contributed by atoms with van der Waals surface area (Å²) in [6.07, 6.45) is -0.570. The van der Waals surface area contributed by atoms with E-state index in [9.17, 15) is 14.7 Å². The van der Waals surface area contributed by atoms with E-state index in [1.165, 1.54) is 4.90 Å². The van der Waals surface area contributed by atoms with Gasteiger partial charge in [-0.3, -0.25) is 4.90 Å². The largest absolute Gasteiger partial charge is 0.479 e. The molecule has 0 radical (unpaired) electrons. The molecule has 120 valence electrons. The van der Waals surface area contributed by atoms with Crippen LogP contribution in [0.4, 0.5) is 4.79 Å². The Balaban J connectivity index is 2.14. The predicted octanol–water partition coefficient (Wildman–Crippen LogP) is 3.14. The number of carboxylic acids is 1. The number of carbonyl (C=O) groups is 2. The molecule has 1 heterocycles. The van der Waals surface area contributed by atoms with Gasteiger partial charge in [0.15, 0.2) is 5.54 Å². The second kappa shape index (κ2) is 5.63. The molecule has 0 bridgehead atoms. The number of benzene rings is 1. The van der Waals surface area contributed by atoms with E-state index in [0.717, 1.165) is 5.56 Å². The summed E-state index contributed by atoms with van der Waals surface area (Å²) >= 11 is 0.